The number of anilines is 1. The van der Waals surface area contributed by atoms with Crippen LogP contribution in [0.3, 0.4) is 0 Å². The number of halogens is 1. The average molecular weight is 374 g/mol. The van der Waals surface area contributed by atoms with Crippen LogP contribution in [0.15, 0.2) is 48.5 Å². The smallest absolute Gasteiger partial charge is 0.266 e. The summed E-state index contributed by atoms with van der Waals surface area (Å²) < 4.78 is 5.71. The Morgan fingerprint density at radius 1 is 1.20 bits per heavy atom. The van der Waals surface area contributed by atoms with Crippen molar-refractivity contribution in [3.63, 3.8) is 0 Å². The molecular weight excluding hydrogens is 358 g/mol. The number of carbonyl (C=O) groups is 1. The molecule has 7 heteroatoms. The molecule has 1 atom stereocenters. The third-order valence-corrected chi connectivity index (χ3v) is 4.61. The zero-order valence-corrected chi connectivity index (χ0v) is 15.3. The first-order valence-electron chi connectivity index (χ1n) is 7.65. The second-order valence-corrected chi connectivity index (χ2v) is 6.85. The number of aryl methyl sites for hydroxylation is 1. The molecule has 0 bridgehead atoms. The van der Waals surface area contributed by atoms with Crippen molar-refractivity contribution < 1.29 is 9.53 Å². The molecule has 1 aromatic heterocycles. The van der Waals surface area contributed by atoms with Gasteiger partial charge in [0.15, 0.2) is 6.10 Å². The lowest BCUT2D eigenvalue weighted by Crippen LogP contribution is -2.30. The first-order valence-corrected chi connectivity index (χ1v) is 8.85. The first-order chi connectivity index (χ1) is 12.0. The van der Waals surface area contributed by atoms with Crippen molar-refractivity contribution in [3.05, 3.63) is 59.1 Å². The first kappa shape index (κ1) is 17.4. The summed E-state index contributed by atoms with van der Waals surface area (Å²) in [5, 5.41) is 12.7. The third-order valence-electron chi connectivity index (χ3n) is 3.49. The summed E-state index contributed by atoms with van der Waals surface area (Å²) in [6, 6.07) is 15.0. The highest BCUT2D eigenvalue weighted by atomic mass is 35.5. The van der Waals surface area contributed by atoms with E-state index in [-0.39, 0.29) is 5.91 Å². The van der Waals surface area contributed by atoms with E-state index in [4.69, 9.17) is 16.3 Å². The van der Waals surface area contributed by atoms with E-state index in [2.05, 4.69) is 15.5 Å². The number of nitrogens with zero attached hydrogens (tertiary/aromatic N) is 2. The SMILES string of the molecule is Cc1cc(Cl)ccc1O[C@H](C)C(=O)Nc1nnc(-c2ccccc2)s1. The van der Waals surface area contributed by atoms with E-state index in [9.17, 15) is 4.79 Å². The number of amides is 1. The lowest BCUT2D eigenvalue weighted by Gasteiger charge is -2.15. The molecule has 0 saturated heterocycles. The van der Waals surface area contributed by atoms with Gasteiger partial charge in [-0.25, -0.2) is 0 Å². The van der Waals surface area contributed by atoms with Crippen LogP contribution in [0, 0.1) is 6.92 Å². The minimum absolute atomic E-state index is 0.287. The van der Waals surface area contributed by atoms with Gasteiger partial charge in [-0.2, -0.15) is 0 Å². The van der Waals surface area contributed by atoms with E-state index in [0.29, 0.717) is 15.9 Å². The predicted molar refractivity (Wildman–Crippen MR) is 100 cm³/mol. The molecule has 5 nitrogen and oxygen atoms in total. The van der Waals surface area contributed by atoms with Gasteiger partial charge in [0.2, 0.25) is 5.13 Å². The molecule has 0 saturated carbocycles. The van der Waals surface area contributed by atoms with E-state index >= 15 is 0 Å². The van der Waals surface area contributed by atoms with Crippen molar-refractivity contribution in [1.82, 2.24) is 10.2 Å². The summed E-state index contributed by atoms with van der Waals surface area (Å²) in [6.45, 7) is 3.56. The van der Waals surface area contributed by atoms with Crippen LogP contribution < -0.4 is 10.1 Å². The maximum absolute atomic E-state index is 12.3. The van der Waals surface area contributed by atoms with Crippen LogP contribution in [0.5, 0.6) is 5.75 Å². The van der Waals surface area contributed by atoms with Gasteiger partial charge in [0, 0.05) is 10.6 Å². The Labute approximate surface area is 154 Å². The minimum atomic E-state index is -0.677. The molecule has 25 heavy (non-hydrogen) atoms. The highest BCUT2D eigenvalue weighted by Gasteiger charge is 2.18. The lowest BCUT2D eigenvalue weighted by atomic mass is 10.2. The van der Waals surface area contributed by atoms with Gasteiger partial charge in [-0.05, 0) is 37.6 Å². The van der Waals surface area contributed by atoms with Gasteiger partial charge in [0.25, 0.3) is 5.91 Å². The summed E-state index contributed by atoms with van der Waals surface area (Å²) in [6.07, 6.45) is -0.677. The quantitative estimate of drug-likeness (QED) is 0.711. The summed E-state index contributed by atoms with van der Waals surface area (Å²) in [5.74, 6) is 0.333. The van der Waals surface area contributed by atoms with Gasteiger partial charge >= 0.3 is 0 Å². The molecule has 3 rings (SSSR count). The van der Waals surface area contributed by atoms with Gasteiger partial charge < -0.3 is 4.74 Å². The van der Waals surface area contributed by atoms with Gasteiger partial charge in [0.1, 0.15) is 10.8 Å². The number of aromatic nitrogens is 2. The number of rotatable bonds is 5. The van der Waals surface area contributed by atoms with Gasteiger partial charge in [-0.3, -0.25) is 10.1 Å². The molecule has 1 N–H and O–H groups in total. The molecule has 128 valence electrons. The second kappa shape index (κ2) is 7.63. The average Bonchev–Trinajstić information content (AvgIpc) is 3.06. The van der Waals surface area contributed by atoms with E-state index < -0.39 is 6.10 Å². The Hall–Kier alpha value is -2.44. The molecule has 0 spiro atoms. The Balaban J connectivity index is 1.65. The lowest BCUT2D eigenvalue weighted by molar-refractivity contribution is -0.122. The number of nitrogens with one attached hydrogen (secondary N) is 1. The van der Waals surface area contributed by atoms with Crippen molar-refractivity contribution in [3.8, 4) is 16.3 Å². The summed E-state index contributed by atoms with van der Waals surface area (Å²) in [5.41, 5.74) is 1.83. The van der Waals surface area contributed by atoms with Gasteiger partial charge in [-0.1, -0.05) is 53.3 Å². The monoisotopic (exact) mass is 373 g/mol. The fourth-order valence-electron chi connectivity index (χ4n) is 2.17. The van der Waals surface area contributed by atoms with Crippen LogP contribution in [-0.4, -0.2) is 22.2 Å². The highest BCUT2D eigenvalue weighted by Crippen LogP contribution is 2.26. The second-order valence-electron chi connectivity index (χ2n) is 5.44. The number of carbonyl (C=O) groups excluding carboxylic acids is 1. The molecule has 0 aliphatic carbocycles. The van der Waals surface area contributed by atoms with Crippen molar-refractivity contribution in [1.29, 1.82) is 0 Å². The highest BCUT2D eigenvalue weighted by molar-refractivity contribution is 7.18. The normalized spacial score (nSPS) is 11.8. The Morgan fingerprint density at radius 3 is 2.68 bits per heavy atom. The number of hydrogen-bond donors (Lipinski definition) is 1. The Morgan fingerprint density at radius 2 is 1.96 bits per heavy atom. The molecule has 0 fully saturated rings. The van der Waals surface area contributed by atoms with Crippen LogP contribution in [0.2, 0.25) is 5.02 Å². The maximum atomic E-state index is 12.3. The third kappa shape index (κ3) is 4.35. The zero-order valence-electron chi connectivity index (χ0n) is 13.7. The minimum Gasteiger partial charge on any atom is -0.481 e. The van der Waals surface area contributed by atoms with Crippen molar-refractivity contribution in [2.45, 2.75) is 20.0 Å². The van der Waals surface area contributed by atoms with Crippen LogP contribution in [-0.2, 0) is 4.79 Å². The largest absolute Gasteiger partial charge is 0.481 e. The molecule has 0 unspecified atom stereocenters. The standard InChI is InChI=1S/C18H16ClN3O2S/c1-11-10-14(19)8-9-15(11)24-12(2)16(23)20-18-22-21-17(25-18)13-6-4-3-5-7-13/h3-10,12H,1-2H3,(H,20,22,23)/t12-/m1/s1. The summed E-state index contributed by atoms with van der Waals surface area (Å²) >= 11 is 7.24. The fraction of sp³-hybridized carbons (Fsp3) is 0.167. The van der Waals surface area contributed by atoms with Crippen LogP contribution in [0.25, 0.3) is 10.6 Å². The summed E-state index contributed by atoms with van der Waals surface area (Å²) in [7, 11) is 0. The van der Waals surface area contributed by atoms with E-state index in [0.717, 1.165) is 16.1 Å². The molecular formula is C18H16ClN3O2S. The Kier molecular flexibility index (Phi) is 5.31. The van der Waals surface area contributed by atoms with E-state index in [1.165, 1.54) is 11.3 Å². The van der Waals surface area contributed by atoms with Crippen molar-refractivity contribution in [2.24, 2.45) is 0 Å². The molecule has 1 heterocycles. The predicted octanol–water partition coefficient (Wildman–Crippen LogP) is 4.57. The zero-order chi connectivity index (χ0) is 17.8. The van der Waals surface area contributed by atoms with Crippen molar-refractivity contribution >= 4 is 34.0 Å². The Bertz CT molecular complexity index is 883. The molecule has 3 aromatic rings. The van der Waals surface area contributed by atoms with Crippen LogP contribution >= 0.6 is 22.9 Å². The topological polar surface area (TPSA) is 64.1 Å². The molecule has 0 aliphatic heterocycles. The van der Waals surface area contributed by atoms with Gasteiger partial charge in [0.05, 0.1) is 0 Å². The number of hydrogen-bond acceptors (Lipinski definition) is 5. The van der Waals surface area contributed by atoms with Crippen LogP contribution in [0.4, 0.5) is 5.13 Å². The summed E-state index contributed by atoms with van der Waals surface area (Å²) in [4.78, 5) is 12.3. The van der Waals surface area contributed by atoms with E-state index in [1.807, 2.05) is 37.3 Å². The maximum Gasteiger partial charge on any atom is 0.266 e. The van der Waals surface area contributed by atoms with E-state index in [1.54, 1.807) is 25.1 Å². The van der Waals surface area contributed by atoms with Gasteiger partial charge in [-0.15, -0.1) is 10.2 Å². The number of ether oxygens (including phenoxy) is 1. The molecule has 0 aliphatic rings. The fourth-order valence-corrected chi connectivity index (χ4v) is 3.15. The molecule has 2 aromatic carbocycles. The molecule has 0 radical (unpaired) electrons. The molecule has 1 amide bonds. The van der Waals surface area contributed by atoms with Crippen LogP contribution in [0.1, 0.15) is 12.5 Å². The number of benzene rings is 2. The van der Waals surface area contributed by atoms with Crippen molar-refractivity contribution in [2.75, 3.05) is 5.32 Å².